The molecule has 0 radical (unpaired) electrons. The van der Waals surface area contributed by atoms with Crippen molar-refractivity contribution in [2.75, 3.05) is 27.3 Å². The average molecular weight is 411 g/mol. The quantitative estimate of drug-likeness (QED) is 0.688. The minimum Gasteiger partial charge on any atom is -0.497 e. The summed E-state index contributed by atoms with van der Waals surface area (Å²) in [5, 5.41) is 2.93. The lowest BCUT2D eigenvalue weighted by Gasteiger charge is -2.26. The van der Waals surface area contributed by atoms with Crippen LogP contribution in [0.2, 0.25) is 0 Å². The first kappa shape index (κ1) is 21.8. The number of likely N-dealkylation sites (tertiary alicyclic amines) is 1. The van der Waals surface area contributed by atoms with Gasteiger partial charge >= 0.3 is 0 Å². The Hall–Kier alpha value is -2.86. The number of carbonyl (C=O) groups excluding carboxylic acids is 2. The Balaban J connectivity index is 1.67. The fourth-order valence-electron chi connectivity index (χ4n) is 4.03. The predicted octanol–water partition coefficient (Wildman–Crippen LogP) is 3.16. The number of benzene rings is 2. The van der Waals surface area contributed by atoms with Gasteiger partial charge in [0.25, 0.3) is 0 Å². The standard InChI is InChI=1S/C24H30N2O4/c1-17(27)21(14-18-8-5-4-6-9-18)25-24(28)16-26-13-7-10-22(26)20-12-11-19(29-2)15-23(20)30-3/h4-6,8-9,11-12,15,21-22H,7,10,13-14,16H2,1-3H3,(H,25,28)/t21-,22-/m1/s1. The third-order valence-corrected chi connectivity index (χ3v) is 5.62. The smallest absolute Gasteiger partial charge is 0.234 e. The topological polar surface area (TPSA) is 67.9 Å². The van der Waals surface area contributed by atoms with Crippen LogP contribution < -0.4 is 14.8 Å². The van der Waals surface area contributed by atoms with E-state index in [1.807, 2.05) is 48.5 Å². The van der Waals surface area contributed by atoms with E-state index in [9.17, 15) is 9.59 Å². The molecule has 0 bridgehead atoms. The second-order valence-corrected chi connectivity index (χ2v) is 7.66. The first-order valence-electron chi connectivity index (χ1n) is 10.3. The fraction of sp³-hybridized carbons (Fsp3) is 0.417. The summed E-state index contributed by atoms with van der Waals surface area (Å²) in [4.78, 5) is 27.0. The summed E-state index contributed by atoms with van der Waals surface area (Å²) in [6, 6.07) is 15.1. The third kappa shape index (κ3) is 5.39. The Morgan fingerprint density at radius 2 is 1.90 bits per heavy atom. The van der Waals surface area contributed by atoms with Gasteiger partial charge in [0.15, 0.2) is 5.78 Å². The number of nitrogens with one attached hydrogen (secondary N) is 1. The Morgan fingerprint density at radius 3 is 2.57 bits per heavy atom. The van der Waals surface area contributed by atoms with Gasteiger partial charge < -0.3 is 14.8 Å². The Morgan fingerprint density at radius 1 is 1.13 bits per heavy atom. The third-order valence-electron chi connectivity index (χ3n) is 5.62. The van der Waals surface area contributed by atoms with Crippen molar-refractivity contribution < 1.29 is 19.1 Å². The van der Waals surface area contributed by atoms with Crippen LogP contribution in [0.3, 0.4) is 0 Å². The summed E-state index contributed by atoms with van der Waals surface area (Å²) in [6.45, 7) is 2.60. The monoisotopic (exact) mass is 410 g/mol. The highest BCUT2D eigenvalue weighted by atomic mass is 16.5. The SMILES string of the molecule is COc1ccc([C@H]2CCCN2CC(=O)N[C@H](Cc2ccccc2)C(C)=O)c(OC)c1. The van der Waals surface area contributed by atoms with Gasteiger partial charge in [0.05, 0.1) is 26.8 Å². The van der Waals surface area contributed by atoms with Gasteiger partial charge in [0.2, 0.25) is 5.91 Å². The van der Waals surface area contributed by atoms with E-state index in [0.717, 1.165) is 42.0 Å². The number of hydrogen-bond donors (Lipinski definition) is 1. The minimum absolute atomic E-state index is 0.0398. The first-order chi connectivity index (χ1) is 14.5. The van der Waals surface area contributed by atoms with Crippen molar-refractivity contribution in [3.8, 4) is 11.5 Å². The van der Waals surface area contributed by atoms with Crippen molar-refractivity contribution in [3.05, 3.63) is 59.7 Å². The van der Waals surface area contributed by atoms with Crippen LogP contribution in [0.25, 0.3) is 0 Å². The van der Waals surface area contributed by atoms with Gasteiger partial charge in [0, 0.05) is 17.7 Å². The summed E-state index contributed by atoms with van der Waals surface area (Å²) in [6.07, 6.45) is 2.46. The van der Waals surface area contributed by atoms with Crippen LogP contribution in [-0.2, 0) is 16.0 Å². The molecule has 3 rings (SSSR count). The van der Waals surface area contributed by atoms with Crippen molar-refractivity contribution in [1.29, 1.82) is 0 Å². The van der Waals surface area contributed by atoms with Crippen molar-refractivity contribution >= 4 is 11.7 Å². The highest BCUT2D eigenvalue weighted by Gasteiger charge is 2.30. The number of Topliss-reactive ketones (excluding diaryl/α,β-unsaturated/α-hetero) is 1. The number of hydrogen-bond acceptors (Lipinski definition) is 5. The van der Waals surface area contributed by atoms with E-state index >= 15 is 0 Å². The van der Waals surface area contributed by atoms with Crippen LogP contribution >= 0.6 is 0 Å². The molecule has 2 aromatic carbocycles. The molecule has 6 nitrogen and oxygen atoms in total. The molecule has 1 fully saturated rings. The maximum absolute atomic E-state index is 12.8. The lowest BCUT2D eigenvalue weighted by atomic mass is 10.0. The molecule has 1 saturated heterocycles. The molecular formula is C24H30N2O4. The summed E-state index contributed by atoms with van der Waals surface area (Å²) >= 11 is 0. The lowest BCUT2D eigenvalue weighted by molar-refractivity contribution is -0.127. The van der Waals surface area contributed by atoms with Gasteiger partial charge in [-0.15, -0.1) is 0 Å². The fourth-order valence-corrected chi connectivity index (χ4v) is 4.03. The highest BCUT2D eigenvalue weighted by Crippen LogP contribution is 2.38. The van der Waals surface area contributed by atoms with Crippen LogP contribution in [0.15, 0.2) is 48.5 Å². The van der Waals surface area contributed by atoms with E-state index in [0.29, 0.717) is 6.42 Å². The molecule has 0 aliphatic carbocycles. The molecule has 6 heteroatoms. The number of ether oxygens (including phenoxy) is 2. The van der Waals surface area contributed by atoms with Gasteiger partial charge in [-0.05, 0) is 44.4 Å². The van der Waals surface area contributed by atoms with Crippen LogP contribution in [0.4, 0.5) is 0 Å². The van der Waals surface area contributed by atoms with Gasteiger partial charge in [-0.1, -0.05) is 36.4 Å². The number of ketones is 1. The normalized spacial score (nSPS) is 17.4. The molecule has 0 unspecified atom stereocenters. The van der Waals surface area contributed by atoms with Crippen LogP contribution in [-0.4, -0.2) is 49.9 Å². The number of nitrogens with zero attached hydrogens (tertiary/aromatic N) is 1. The van der Waals surface area contributed by atoms with Crippen molar-refractivity contribution in [1.82, 2.24) is 10.2 Å². The number of rotatable bonds is 9. The molecule has 0 spiro atoms. The van der Waals surface area contributed by atoms with Crippen LogP contribution in [0.5, 0.6) is 11.5 Å². The summed E-state index contributed by atoms with van der Waals surface area (Å²) in [5.74, 6) is 1.33. The molecule has 2 aromatic rings. The van der Waals surface area contributed by atoms with E-state index in [1.165, 1.54) is 6.92 Å². The summed E-state index contributed by atoms with van der Waals surface area (Å²) < 4.78 is 10.9. The van der Waals surface area contributed by atoms with Gasteiger partial charge in [0.1, 0.15) is 11.5 Å². The molecule has 1 amide bonds. The van der Waals surface area contributed by atoms with E-state index in [2.05, 4.69) is 10.2 Å². The molecule has 1 heterocycles. The molecule has 1 N–H and O–H groups in total. The largest absolute Gasteiger partial charge is 0.497 e. The predicted molar refractivity (Wildman–Crippen MR) is 116 cm³/mol. The van der Waals surface area contributed by atoms with E-state index in [1.54, 1.807) is 14.2 Å². The summed E-state index contributed by atoms with van der Waals surface area (Å²) in [7, 11) is 3.27. The van der Waals surface area contributed by atoms with Gasteiger partial charge in [-0.25, -0.2) is 0 Å². The zero-order chi connectivity index (χ0) is 21.5. The van der Waals surface area contributed by atoms with E-state index in [4.69, 9.17) is 9.47 Å². The second kappa shape index (κ2) is 10.3. The number of carbonyl (C=O) groups is 2. The maximum atomic E-state index is 12.8. The van der Waals surface area contributed by atoms with Crippen molar-refractivity contribution in [3.63, 3.8) is 0 Å². The lowest BCUT2D eigenvalue weighted by Crippen LogP contribution is -2.45. The Bertz CT molecular complexity index is 869. The highest BCUT2D eigenvalue weighted by molar-refractivity contribution is 5.88. The summed E-state index contributed by atoms with van der Waals surface area (Å²) in [5.41, 5.74) is 2.08. The average Bonchev–Trinajstić information content (AvgIpc) is 3.21. The van der Waals surface area contributed by atoms with E-state index < -0.39 is 6.04 Å². The molecule has 2 atom stereocenters. The Kier molecular flexibility index (Phi) is 7.46. The number of amides is 1. The zero-order valence-electron chi connectivity index (χ0n) is 17.9. The molecule has 0 aromatic heterocycles. The van der Waals surface area contributed by atoms with Gasteiger partial charge in [-0.3, -0.25) is 14.5 Å². The van der Waals surface area contributed by atoms with E-state index in [-0.39, 0.29) is 24.3 Å². The number of methoxy groups -OCH3 is 2. The molecule has 1 aliphatic heterocycles. The maximum Gasteiger partial charge on any atom is 0.234 e. The zero-order valence-corrected chi connectivity index (χ0v) is 17.9. The molecular weight excluding hydrogens is 380 g/mol. The second-order valence-electron chi connectivity index (χ2n) is 7.66. The molecule has 1 aliphatic rings. The van der Waals surface area contributed by atoms with Crippen molar-refractivity contribution in [2.24, 2.45) is 0 Å². The molecule has 160 valence electrons. The molecule has 30 heavy (non-hydrogen) atoms. The van der Waals surface area contributed by atoms with Crippen LogP contribution in [0.1, 0.15) is 36.9 Å². The Labute approximate surface area is 178 Å². The van der Waals surface area contributed by atoms with Gasteiger partial charge in [-0.2, -0.15) is 0 Å². The first-order valence-corrected chi connectivity index (χ1v) is 10.3. The van der Waals surface area contributed by atoms with Crippen LogP contribution in [0, 0.1) is 0 Å². The minimum atomic E-state index is -0.517. The molecule has 0 saturated carbocycles. The van der Waals surface area contributed by atoms with Crippen molar-refractivity contribution in [2.45, 2.75) is 38.3 Å².